The standard InChI is InChI=1S/C9H6F4O.C2H6/c1-5(14)6-2-3-7(8(10)4-6)9(11,12)13;1-2/h2-4H,1H3;1-2H3. The van der Waals surface area contributed by atoms with Gasteiger partial charge in [0.2, 0.25) is 0 Å². The van der Waals surface area contributed by atoms with Gasteiger partial charge in [-0.3, -0.25) is 4.79 Å². The predicted octanol–water partition coefficient (Wildman–Crippen LogP) is 4.07. The average Bonchev–Trinajstić information content (AvgIpc) is 2.18. The summed E-state index contributed by atoms with van der Waals surface area (Å²) in [7, 11) is 0. The molecule has 16 heavy (non-hydrogen) atoms. The minimum absolute atomic E-state index is 0.0736. The van der Waals surface area contributed by atoms with Crippen molar-refractivity contribution in [3.05, 3.63) is 35.1 Å². The number of hydrogen-bond acceptors (Lipinski definition) is 1. The van der Waals surface area contributed by atoms with E-state index in [4.69, 9.17) is 0 Å². The van der Waals surface area contributed by atoms with Crippen LogP contribution in [0.4, 0.5) is 17.6 Å². The Bertz CT molecular complexity index is 369. The van der Waals surface area contributed by atoms with Gasteiger partial charge in [-0.05, 0) is 19.1 Å². The zero-order valence-corrected chi connectivity index (χ0v) is 9.15. The highest BCUT2D eigenvalue weighted by Gasteiger charge is 2.33. The van der Waals surface area contributed by atoms with Gasteiger partial charge in [-0.2, -0.15) is 13.2 Å². The van der Waals surface area contributed by atoms with Crippen molar-refractivity contribution in [3.8, 4) is 0 Å². The molecule has 0 atom stereocenters. The van der Waals surface area contributed by atoms with Gasteiger partial charge in [0, 0.05) is 5.56 Å². The molecular formula is C11H12F4O. The van der Waals surface area contributed by atoms with E-state index < -0.39 is 23.3 Å². The first-order valence-corrected chi connectivity index (χ1v) is 4.70. The Balaban J connectivity index is 0.00000106. The molecule has 0 saturated heterocycles. The Morgan fingerprint density at radius 2 is 1.69 bits per heavy atom. The van der Waals surface area contributed by atoms with Gasteiger partial charge in [-0.1, -0.05) is 19.9 Å². The molecule has 0 spiro atoms. The number of carbonyl (C=O) groups excluding carboxylic acids is 1. The second kappa shape index (κ2) is 5.63. The topological polar surface area (TPSA) is 17.1 Å². The second-order valence-corrected chi connectivity index (χ2v) is 2.75. The lowest BCUT2D eigenvalue weighted by Crippen LogP contribution is -2.09. The fraction of sp³-hybridized carbons (Fsp3) is 0.364. The molecule has 0 aliphatic carbocycles. The van der Waals surface area contributed by atoms with E-state index in [-0.39, 0.29) is 5.56 Å². The first-order chi connectivity index (χ1) is 7.32. The molecule has 0 aliphatic rings. The number of carbonyl (C=O) groups is 1. The third-order valence-corrected chi connectivity index (χ3v) is 1.68. The van der Waals surface area contributed by atoms with Gasteiger partial charge in [-0.15, -0.1) is 0 Å². The van der Waals surface area contributed by atoms with E-state index in [2.05, 4.69) is 0 Å². The second-order valence-electron chi connectivity index (χ2n) is 2.75. The monoisotopic (exact) mass is 236 g/mol. The lowest BCUT2D eigenvalue weighted by Gasteiger charge is -2.07. The van der Waals surface area contributed by atoms with Gasteiger partial charge in [0.15, 0.2) is 5.78 Å². The van der Waals surface area contributed by atoms with Gasteiger partial charge in [0.1, 0.15) is 5.82 Å². The number of Topliss-reactive ketones (excluding diaryl/α,β-unsaturated/α-hetero) is 1. The van der Waals surface area contributed by atoms with Crippen molar-refractivity contribution in [1.29, 1.82) is 0 Å². The first-order valence-electron chi connectivity index (χ1n) is 4.70. The summed E-state index contributed by atoms with van der Waals surface area (Å²) in [5.74, 6) is -1.90. The molecular weight excluding hydrogens is 224 g/mol. The van der Waals surface area contributed by atoms with E-state index in [0.717, 1.165) is 13.0 Å². The van der Waals surface area contributed by atoms with Crippen molar-refractivity contribution in [2.75, 3.05) is 0 Å². The summed E-state index contributed by atoms with van der Waals surface area (Å²) in [4.78, 5) is 10.7. The molecule has 0 fully saturated rings. The lowest BCUT2D eigenvalue weighted by molar-refractivity contribution is -0.140. The van der Waals surface area contributed by atoms with Crippen molar-refractivity contribution in [2.45, 2.75) is 26.9 Å². The number of ketones is 1. The van der Waals surface area contributed by atoms with Crippen LogP contribution < -0.4 is 0 Å². The molecule has 0 radical (unpaired) electrons. The molecule has 90 valence electrons. The van der Waals surface area contributed by atoms with E-state index in [9.17, 15) is 22.4 Å². The molecule has 1 nitrogen and oxygen atoms in total. The highest BCUT2D eigenvalue weighted by molar-refractivity contribution is 5.94. The van der Waals surface area contributed by atoms with Crippen molar-refractivity contribution in [3.63, 3.8) is 0 Å². The maximum absolute atomic E-state index is 12.8. The maximum atomic E-state index is 12.8. The molecule has 0 heterocycles. The third kappa shape index (κ3) is 3.64. The summed E-state index contributed by atoms with van der Waals surface area (Å²) in [5, 5.41) is 0. The minimum atomic E-state index is -4.72. The summed E-state index contributed by atoms with van der Waals surface area (Å²) >= 11 is 0. The zero-order chi connectivity index (χ0) is 12.9. The summed E-state index contributed by atoms with van der Waals surface area (Å²) in [6.45, 7) is 5.15. The lowest BCUT2D eigenvalue weighted by atomic mass is 10.1. The Hall–Kier alpha value is -1.39. The number of rotatable bonds is 1. The molecule has 1 aromatic carbocycles. The van der Waals surface area contributed by atoms with Crippen LogP contribution in [-0.2, 0) is 6.18 Å². The molecule has 0 unspecified atom stereocenters. The summed E-state index contributed by atoms with van der Waals surface area (Å²) in [6, 6.07) is 2.10. The SMILES string of the molecule is CC.CC(=O)c1ccc(C(F)(F)F)c(F)c1. The third-order valence-electron chi connectivity index (χ3n) is 1.68. The van der Waals surface area contributed by atoms with Crippen molar-refractivity contribution in [1.82, 2.24) is 0 Å². The van der Waals surface area contributed by atoms with Crippen LogP contribution in [-0.4, -0.2) is 5.78 Å². The highest BCUT2D eigenvalue weighted by atomic mass is 19.4. The van der Waals surface area contributed by atoms with Gasteiger partial charge < -0.3 is 0 Å². The predicted molar refractivity (Wildman–Crippen MR) is 52.8 cm³/mol. The van der Waals surface area contributed by atoms with Crippen LogP contribution in [0.5, 0.6) is 0 Å². The van der Waals surface area contributed by atoms with Crippen LogP contribution in [0.25, 0.3) is 0 Å². The summed E-state index contributed by atoms with van der Waals surface area (Å²) in [5.41, 5.74) is -1.43. The molecule has 1 aromatic rings. The number of benzene rings is 1. The Morgan fingerprint density at radius 1 is 1.19 bits per heavy atom. The minimum Gasteiger partial charge on any atom is -0.295 e. The van der Waals surface area contributed by atoms with Crippen molar-refractivity contribution < 1.29 is 22.4 Å². The van der Waals surface area contributed by atoms with E-state index in [1.54, 1.807) is 0 Å². The number of hydrogen-bond donors (Lipinski definition) is 0. The fourth-order valence-electron chi connectivity index (χ4n) is 0.964. The van der Waals surface area contributed by atoms with Crippen LogP contribution in [0, 0.1) is 5.82 Å². The van der Waals surface area contributed by atoms with E-state index in [1.165, 1.54) is 0 Å². The van der Waals surface area contributed by atoms with E-state index >= 15 is 0 Å². The van der Waals surface area contributed by atoms with Crippen molar-refractivity contribution >= 4 is 5.78 Å². The summed E-state index contributed by atoms with van der Waals surface area (Å²) in [6.07, 6.45) is -4.72. The van der Waals surface area contributed by atoms with Gasteiger partial charge in [-0.25, -0.2) is 4.39 Å². The Kier molecular flexibility index (Phi) is 5.14. The van der Waals surface area contributed by atoms with Gasteiger partial charge in [0.25, 0.3) is 0 Å². The average molecular weight is 236 g/mol. The van der Waals surface area contributed by atoms with Crippen LogP contribution in [0.2, 0.25) is 0 Å². The quantitative estimate of drug-likeness (QED) is 0.530. The molecule has 0 aromatic heterocycles. The Morgan fingerprint density at radius 3 is 2.00 bits per heavy atom. The molecule has 0 saturated carbocycles. The van der Waals surface area contributed by atoms with Crippen LogP contribution >= 0.6 is 0 Å². The molecule has 0 bridgehead atoms. The van der Waals surface area contributed by atoms with Crippen LogP contribution in [0.1, 0.15) is 36.7 Å². The molecule has 1 rings (SSSR count). The molecule has 5 heteroatoms. The van der Waals surface area contributed by atoms with Gasteiger partial charge >= 0.3 is 6.18 Å². The van der Waals surface area contributed by atoms with E-state index in [1.807, 2.05) is 13.8 Å². The molecule has 0 amide bonds. The highest BCUT2D eigenvalue weighted by Crippen LogP contribution is 2.31. The largest absolute Gasteiger partial charge is 0.419 e. The van der Waals surface area contributed by atoms with Crippen molar-refractivity contribution in [2.24, 2.45) is 0 Å². The normalized spacial score (nSPS) is 10.4. The van der Waals surface area contributed by atoms with E-state index in [0.29, 0.717) is 12.1 Å². The smallest absolute Gasteiger partial charge is 0.295 e. The molecule has 0 N–H and O–H groups in total. The number of alkyl halides is 3. The van der Waals surface area contributed by atoms with Crippen LogP contribution in [0.3, 0.4) is 0 Å². The first kappa shape index (κ1) is 14.6. The number of halogens is 4. The zero-order valence-electron chi connectivity index (χ0n) is 9.15. The van der Waals surface area contributed by atoms with Crippen LogP contribution in [0.15, 0.2) is 18.2 Å². The maximum Gasteiger partial charge on any atom is 0.419 e. The molecule has 0 aliphatic heterocycles. The Labute approximate surface area is 91.1 Å². The van der Waals surface area contributed by atoms with Gasteiger partial charge in [0.05, 0.1) is 5.56 Å². The fourth-order valence-corrected chi connectivity index (χ4v) is 0.964. The summed E-state index contributed by atoms with van der Waals surface area (Å²) < 4.78 is 49.0.